The van der Waals surface area contributed by atoms with E-state index in [-0.39, 0.29) is 0 Å². The Bertz CT molecular complexity index is 569. The quantitative estimate of drug-likeness (QED) is 0.751. The van der Waals surface area contributed by atoms with Crippen molar-refractivity contribution in [3.8, 4) is 0 Å². The van der Waals surface area contributed by atoms with Crippen molar-refractivity contribution in [2.45, 2.75) is 32.7 Å². The van der Waals surface area contributed by atoms with Crippen molar-refractivity contribution in [2.24, 2.45) is 0 Å². The van der Waals surface area contributed by atoms with Crippen LogP contribution in [-0.2, 0) is 13.0 Å². The van der Waals surface area contributed by atoms with Crippen LogP contribution in [0.3, 0.4) is 0 Å². The smallest absolute Gasteiger partial charge is 0.200 e. The van der Waals surface area contributed by atoms with E-state index in [1.165, 1.54) is 22.4 Å². The van der Waals surface area contributed by atoms with Crippen LogP contribution < -0.4 is 5.73 Å². The molecule has 2 N–H and O–H groups in total. The molecular weight excluding hydrogens is 210 g/mol. The van der Waals surface area contributed by atoms with Gasteiger partial charge in [-0.15, -0.1) is 0 Å². The van der Waals surface area contributed by atoms with Gasteiger partial charge >= 0.3 is 0 Å². The molecule has 2 heterocycles. The fraction of sp³-hybridized carbons (Fsp3) is 0.357. The molecule has 0 saturated heterocycles. The van der Waals surface area contributed by atoms with Crippen LogP contribution in [0.25, 0.3) is 0 Å². The zero-order valence-electron chi connectivity index (χ0n) is 10.3. The minimum atomic E-state index is 0.530. The Morgan fingerprint density at radius 3 is 3.06 bits per heavy atom. The van der Waals surface area contributed by atoms with Gasteiger partial charge in [-0.2, -0.15) is 0 Å². The van der Waals surface area contributed by atoms with Crippen molar-refractivity contribution >= 4 is 5.95 Å². The van der Waals surface area contributed by atoms with Crippen LogP contribution in [0.5, 0.6) is 0 Å². The monoisotopic (exact) mass is 227 g/mol. The number of imidazole rings is 1. The molecule has 0 bridgehead atoms. The van der Waals surface area contributed by atoms with Crippen molar-refractivity contribution in [3.63, 3.8) is 0 Å². The second-order valence-electron chi connectivity index (χ2n) is 5.00. The summed E-state index contributed by atoms with van der Waals surface area (Å²) in [5.74, 6) is 1.16. The number of anilines is 1. The molecule has 1 aromatic carbocycles. The third-order valence-corrected chi connectivity index (χ3v) is 3.65. The molecule has 88 valence electrons. The van der Waals surface area contributed by atoms with Crippen LogP contribution >= 0.6 is 0 Å². The Labute approximate surface area is 101 Å². The molecule has 1 aliphatic rings. The molecule has 3 nitrogen and oxygen atoms in total. The highest BCUT2D eigenvalue weighted by Gasteiger charge is 2.20. The summed E-state index contributed by atoms with van der Waals surface area (Å²) < 4.78 is 2.12. The minimum absolute atomic E-state index is 0.530. The molecule has 0 saturated carbocycles. The highest BCUT2D eigenvalue weighted by molar-refractivity contribution is 5.39. The third kappa shape index (κ3) is 1.62. The first-order chi connectivity index (χ1) is 8.15. The summed E-state index contributed by atoms with van der Waals surface area (Å²) in [4.78, 5) is 4.21. The summed E-state index contributed by atoms with van der Waals surface area (Å²) in [7, 11) is 0. The van der Waals surface area contributed by atoms with Gasteiger partial charge < -0.3 is 10.3 Å². The van der Waals surface area contributed by atoms with Gasteiger partial charge in [-0.25, -0.2) is 4.98 Å². The molecule has 2 aromatic rings. The zero-order valence-corrected chi connectivity index (χ0v) is 10.3. The topological polar surface area (TPSA) is 43.8 Å². The lowest BCUT2D eigenvalue weighted by atomic mass is 9.92. The van der Waals surface area contributed by atoms with Crippen molar-refractivity contribution < 1.29 is 0 Å². The molecule has 0 fully saturated rings. The number of aromatic nitrogens is 2. The largest absolute Gasteiger partial charge is 0.369 e. The van der Waals surface area contributed by atoms with Crippen LogP contribution in [0.1, 0.15) is 35.2 Å². The van der Waals surface area contributed by atoms with Crippen LogP contribution in [0.2, 0.25) is 0 Å². The molecule has 17 heavy (non-hydrogen) atoms. The minimum Gasteiger partial charge on any atom is -0.369 e. The fourth-order valence-corrected chi connectivity index (χ4v) is 2.68. The highest BCUT2D eigenvalue weighted by atomic mass is 15.2. The van der Waals surface area contributed by atoms with Gasteiger partial charge in [-0.1, -0.05) is 30.7 Å². The number of benzene rings is 1. The lowest BCUT2D eigenvalue weighted by molar-refractivity contribution is 0.724. The van der Waals surface area contributed by atoms with Crippen molar-refractivity contribution in [3.05, 3.63) is 46.8 Å². The van der Waals surface area contributed by atoms with E-state index in [1.54, 1.807) is 0 Å². The van der Waals surface area contributed by atoms with Gasteiger partial charge in [0.05, 0.1) is 12.7 Å². The summed E-state index contributed by atoms with van der Waals surface area (Å²) in [6.07, 6.45) is 2.92. The number of aryl methyl sites for hydroxylation is 1. The van der Waals surface area contributed by atoms with Gasteiger partial charge in [0.25, 0.3) is 0 Å². The van der Waals surface area contributed by atoms with E-state index in [1.807, 2.05) is 6.20 Å². The lowest BCUT2D eigenvalue weighted by Gasteiger charge is -2.12. The van der Waals surface area contributed by atoms with Crippen LogP contribution in [0, 0.1) is 6.92 Å². The number of hydrogen-bond acceptors (Lipinski definition) is 2. The Hall–Kier alpha value is -1.77. The average Bonchev–Trinajstić information content (AvgIpc) is 2.56. The Morgan fingerprint density at radius 1 is 1.41 bits per heavy atom. The third-order valence-electron chi connectivity index (χ3n) is 3.65. The second-order valence-corrected chi connectivity index (χ2v) is 5.00. The molecule has 1 atom stereocenters. The Morgan fingerprint density at radius 2 is 2.24 bits per heavy atom. The standard InChI is InChI=1S/C14H17N3/c1-9-3-4-11-8-17-12(7-16-14(17)15)6-10(2)13(11)5-9/h3-5,7,10H,6,8H2,1-2H3,(H2,15,16). The van der Waals surface area contributed by atoms with Crippen molar-refractivity contribution in [1.29, 1.82) is 0 Å². The maximum Gasteiger partial charge on any atom is 0.200 e. The van der Waals surface area contributed by atoms with E-state index in [2.05, 4.69) is 41.6 Å². The number of nitrogens with zero attached hydrogens (tertiary/aromatic N) is 2. The van der Waals surface area contributed by atoms with Crippen LogP contribution in [0.4, 0.5) is 5.95 Å². The summed E-state index contributed by atoms with van der Waals surface area (Å²) in [6, 6.07) is 6.69. The summed E-state index contributed by atoms with van der Waals surface area (Å²) in [6.45, 7) is 5.27. The van der Waals surface area contributed by atoms with Gasteiger partial charge in [0, 0.05) is 5.69 Å². The second kappa shape index (κ2) is 3.62. The Kier molecular flexibility index (Phi) is 2.21. The van der Waals surface area contributed by atoms with E-state index >= 15 is 0 Å². The first-order valence-electron chi connectivity index (χ1n) is 6.04. The average molecular weight is 227 g/mol. The van der Waals surface area contributed by atoms with E-state index in [0.717, 1.165) is 13.0 Å². The number of nitrogens with two attached hydrogens (primary N) is 1. The summed E-state index contributed by atoms with van der Waals surface area (Å²) >= 11 is 0. The van der Waals surface area contributed by atoms with Gasteiger partial charge in [0.2, 0.25) is 5.95 Å². The lowest BCUT2D eigenvalue weighted by Crippen LogP contribution is -2.06. The number of hydrogen-bond donors (Lipinski definition) is 1. The molecule has 1 aliphatic heterocycles. The molecule has 1 aromatic heterocycles. The SMILES string of the molecule is Cc1ccc2c(c1)C(C)Cc1cnc(N)n1C2. The Balaban J connectivity index is 2.15. The first-order valence-corrected chi connectivity index (χ1v) is 6.04. The van der Waals surface area contributed by atoms with Crippen molar-refractivity contribution in [1.82, 2.24) is 9.55 Å². The van der Waals surface area contributed by atoms with Gasteiger partial charge in [0.15, 0.2) is 0 Å². The predicted octanol–water partition coefficient (Wildman–Crippen LogP) is 2.48. The first kappa shape index (κ1) is 10.4. The van der Waals surface area contributed by atoms with Gasteiger partial charge in [-0.05, 0) is 30.4 Å². The maximum absolute atomic E-state index is 5.92. The van der Waals surface area contributed by atoms with E-state index < -0.39 is 0 Å². The fourth-order valence-electron chi connectivity index (χ4n) is 2.68. The molecule has 0 radical (unpaired) electrons. The van der Waals surface area contributed by atoms with E-state index in [4.69, 9.17) is 5.73 Å². The predicted molar refractivity (Wildman–Crippen MR) is 69.0 cm³/mol. The van der Waals surface area contributed by atoms with Crippen LogP contribution in [0.15, 0.2) is 24.4 Å². The molecule has 0 aliphatic carbocycles. The normalized spacial score (nSPS) is 18.4. The van der Waals surface area contributed by atoms with Gasteiger partial charge in [-0.3, -0.25) is 0 Å². The maximum atomic E-state index is 5.92. The number of fused-ring (bicyclic) bond motifs is 2. The summed E-state index contributed by atoms with van der Waals surface area (Å²) in [5.41, 5.74) is 11.3. The number of nitrogen functional groups attached to an aromatic ring is 1. The molecule has 0 spiro atoms. The van der Waals surface area contributed by atoms with Gasteiger partial charge in [0.1, 0.15) is 0 Å². The summed E-state index contributed by atoms with van der Waals surface area (Å²) in [5, 5.41) is 0. The molecule has 3 rings (SSSR count). The highest BCUT2D eigenvalue weighted by Crippen LogP contribution is 2.30. The number of rotatable bonds is 0. The molecule has 1 unspecified atom stereocenters. The van der Waals surface area contributed by atoms with E-state index in [0.29, 0.717) is 11.9 Å². The van der Waals surface area contributed by atoms with E-state index in [9.17, 15) is 0 Å². The molecule has 0 amide bonds. The zero-order chi connectivity index (χ0) is 12.0. The molecule has 3 heteroatoms. The molecular formula is C14H17N3. The van der Waals surface area contributed by atoms with Crippen molar-refractivity contribution in [2.75, 3.05) is 5.73 Å². The van der Waals surface area contributed by atoms with Crippen LogP contribution in [-0.4, -0.2) is 9.55 Å².